The third kappa shape index (κ3) is 8.67. The van der Waals surface area contributed by atoms with Crippen LogP contribution in [0.2, 0.25) is 0 Å². The molecule has 0 saturated heterocycles. The summed E-state index contributed by atoms with van der Waals surface area (Å²) in [7, 11) is -3.37. The molecule has 0 rings (SSSR count). The lowest BCUT2D eigenvalue weighted by molar-refractivity contribution is -0.118. The number of nitrogens with one attached hydrogen (secondary N) is 1. The number of rotatable bonds is 7. The first kappa shape index (κ1) is 15.4. The molecular weight excluding hydrogens is 228 g/mol. The molecule has 3 N–H and O–H groups in total. The Labute approximate surface area is 97.7 Å². The molecule has 0 radical (unpaired) electrons. The zero-order chi connectivity index (χ0) is 12.8. The van der Waals surface area contributed by atoms with E-state index in [1.165, 1.54) is 0 Å². The third-order valence-electron chi connectivity index (χ3n) is 1.91. The van der Waals surface area contributed by atoms with E-state index in [-0.39, 0.29) is 5.75 Å². The third-order valence-corrected chi connectivity index (χ3v) is 3.65. The number of hydrogen-bond donors (Lipinski definition) is 2. The highest BCUT2D eigenvalue weighted by Crippen LogP contribution is 1.97. The van der Waals surface area contributed by atoms with E-state index in [0.717, 1.165) is 6.42 Å². The second-order valence-corrected chi connectivity index (χ2v) is 6.67. The van der Waals surface area contributed by atoms with Crippen LogP contribution in [-0.4, -0.2) is 38.4 Å². The monoisotopic (exact) mass is 250 g/mol. The topological polar surface area (TPSA) is 89.3 Å². The Bertz CT molecular complexity index is 310. The first-order valence-electron chi connectivity index (χ1n) is 5.45. The highest BCUT2D eigenvalue weighted by atomic mass is 32.2. The second-order valence-electron chi connectivity index (χ2n) is 4.56. The van der Waals surface area contributed by atoms with Crippen molar-refractivity contribution in [2.45, 2.75) is 33.2 Å². The Kier molecular flexibility index (Phi) is 6.59. The minimum absolute atomic E-state index is 0.148. The van der Waals surface area contributed by atoms with Crippen molar-refractivity contribution in [1.82, 2.24) is 5.32 Å². The van der Waals surface area contributed by atoms with Crippen LogP contribution in [0.15, 0.2) is 0 Å². The van der Waals surface area contributed by atoms with Crippen molar-refractivity contribution >= 4 is 15.7 Å². The quantitative estimate of drug-likeness (QED) is 0.661. The fourth-order valence-electron chi connectivity index (χ4n) is 1.21. The van der Waals surface area contributed by atoms with Gasteiger partial charge in [-0.05, 0) is 19.3 Å². The van der Waals surface area contributed by atoms with Gasteiger partial charge in [-0.3, -0.25) is 4.79 Å². The molecule has 0 bridgehead atoms. The van der Waals surface area contributed by atoms with E-state index in [4.69, 9.17) is 5.73 Å². The van der Waals surface area contributed by atoms with Gasteiger partial charge in [0.2, 0.25) is 5.91 Å². The molecule has 5 nitrogen and oxygen atoms in total. The summed E-state index contributed by atoms with van der Waals surface area (Å²) in [5, 5.41) is 2.58. The molecule has 0 aliphatic heterocycles. The first-order valence-corrected chi connectivity index (χ1v) is 7.28. The molecule has 0 aliphatic carbocycles. The van der Waals surface area contributed by atoms with Gasteiger partial charge in [0.25, 0.3) is 0 Å². The van der Waals surface area contributed by atoms with Crippen LogP contribution in [-0.2, 0) is 14.6 Å². The van der Waals surface area contributed by atoms with Gasteiger partial charge in [0, 0.05) is 12.6 Å². The number of sulfone groups is 1. The molecule has 0 spiro atoms. The van der Waals surface area contributed by atoms with Crippen LogP contribution in [0.3, 0.4) is 0 Å². The number of carbonyl (C=O) groups is 1. The van der Waals surface area contributed by atoms with E-state index in [1.54, 1.807) is 6.92 Å². The normalized spacial score (nSPS) is 13.8. The number of amides is 1. The number of hydrogen-bond acceptors (Lipinski definition) is 4. The van der Waals surface area contributed by atoms with Gasteiger partial charge < -0.3 is 11.1 Å². The molecule has 1 amide bonds. The summed E-state index contributed by atoms with van der Waals surface area (Å²) in [6, 6.07) is -0.437. The molecule has 1 atom stereocenters. The summed E-state index contributed by atoms with van der Waals surface area (Å²) in [5.41, 5.74) is 5.38. The lowest BCUT2D eigenvalue weighted by Crippen LogP contribution is -2.35. The van der Waals surface area contributed by atoms with Crippen LogP contribution in [0, 0.1) is 5.92 Å². The number of carbonyl (C=O) groups excluding carboxylic acids is 1. The van der Waals surface area contributed by atoms with Crippen molar-refractivity contribution in [2.24, 2.45) is 11.7 Å². The summed E-state index contributed by atoms with van der Waals surface area (Å²) in [5.74, 6) is -0.570. The van der Waals surface area contributed by atoms with Gasteiger partial charge in [0.15, 0.2) is 9.84 Å². The van der Waals surface area contributed by atoms with Gasteiger partial charge in [-0.2, -0.15) is 0 Å². The minimum atomic E-state index is -3.37. The van der Waals surface area contributed by atoms with Gasteiger partial charge >= 0.3 is 0 Å². The summed E-state index contributed by atoms with van der Waals surface area (Å²) >= 11 is 0. The van der Waals surface area contributed by atoms with Crippen LogP contribution >= 0.6 is 0 Å². The van der Waals surface area contributed by atoms with E-state index in [2.05, 4.69) is 5.32 Å². The zero-order valence-corrected chi connectivity index (χ0v) is 11.0. The van der Waals surface area contributed by atoms with Gasteiger partial charge in [-0.25, -0.2) is 8.42 Å². The van der Waals surface area contributed by atoms with Crippen molar-refractivity contribution in [1.29, 1.82) is 0 Å². The van der Waals surface area contributed by atoms with Crippen molar-refractivity contribution in [3.05, 3.63) is 0 Å². The van der Waals surface area contributed by atoms with E-state index in [9.17, 15) is 13.2 Å². The highest BCUT2D eigenvalue weighted by Gasteiger charge is 2.17. The van der Waals surface area contributed by atoms with E-state index < -0.39 is 27.5 Å². The van der Waals surface area contributed by atoms with Crippen molar-refractivity contribution in [3.8, 4) is 0 Å². The average molecular weight is 250 g/mol. The molecule has 0 aliphatic rings. The summed E-state index contributed by atoms with van der Waals surface area (Å²) in [6.45, 7) is 6.20. The van der Waals surface area contributed by atoms with Gasteiger partial charge in [0.05, 0.1) is 5.75 Å². The molecule has 0 saturated carbocycles. The SMILES string of the molecule is CC(C)CCNC(=O)CS(=O)(=O)CC(C)N. The van der Waals surface area contributed by atoms with Gasteiger partial charge in [-0.15, -0.1) is 0 Å². The second kappa shape index (κ2) is 6.85. The van der Waals surface area contributed by atoms with Gasteiger partial charge in [-0.1, -0.05) is 13.8 Å². The Balaban J connectivity index is 3.95. The van der Waals surface area contributed by atoms with E-state index in [0.29, 0.717) is 12.5 Å². The van der Waals surface area contributed by atoms with Crippen molar-refractivity contribution in [3.63, 3.8) is 0 Å². The largest absolute Gasteiger partial charge is 0.355 e. The molecular formula is C10H22N2O3S. The smallest absolute Gasteiger partial charge is 0.235 e. The van der Waals surface area contributed by atoms with E-state index in [1.807, 2.05) is 13.8 Å². The molecule has 0 heterocycles. The standard InChI is InChI=1S/C10H22N2O3S/c1-8(2)4-5-12-10(13)7-16(14,15)6-9(3)11/h8-9H,4-7,11H2,1-3H3,(H,12,13). The molecule has 0 aromatic carbocycles. The van der Waals surface area contributed by atoms with Crippen molar-refractivity contribution < 1.29 is 13.2 Å². The van der Waals surface area contributed by atoms with Gasteiger partial charge in [0.1, 0.15) is 5.75 Å². The highest BCUT2D eigenvalue weighted by molar-refractivity contribution is 7.92. The lowest BCUT2D eigenvalue weighted by Gasteiger charge is -2.09. The Hall–Kier alpha value is -0.620. The van der Waals surface area contributed by atoms with Crippen molar-refractivity contribution in [2.75, 3.05) is 18.1 Å². The zero-order valence-electron chi connectivity index (χ0n) is 10.2. The molecule has 16 heavy (non-hydrogen) atoms. The van der Waals surface area contributed by atoms with Crippen LogP contribution in [0.5, 0.6) is 0 Å². The van der Waals surface area contributed by atoms with Crippen LogP contribution in [0.25, 0.3) is 0 Å². The lowest BCUT2D eigenvalue weighted by atomic mass is 10.1. The maximum atomic E-state index is 11.4. The summed E-state index contributed by atoms with van der Waals surface area (Å²) < 4.78 is 22.8. The summed E-state index contributed by atoms with van der Waals surface area (Å²) in [4.78, 5) is 11.3. The predicted octanol–water partition coefficient (Wildman–Crippen LogP) is -0.0893. The Morgan fingerprint density at radius 3 is 2.31 bits per heavy atom. The minimum Gasteiger partial charge on any atom is -0.355 e. The van der Waals surface area contributed by atoms with Crippen LogP contribution < -0.4 is 11.1 Å². The maximum absolute atomic E-state index is 11.4. The fraction of sp³-hybridized carbons (Fsp3) is 0.900. The first-order chi connectivity index (χ1) is 7.23. The predicted molar refractivity (Wildman–Crippen MR) is 64.8 cm³/mol. The maximum Gasteiger partial charge on any atom is 0.235 e. The van der Waals surface area contributed by atoms with Crippen LogP contribution in [0.1, 0.15) is 27.2 Å². The Morgan fingerprint density at radius 1 is 1.31 bits per heavy atom. The average Bonchev–Trinajstić information content (AvgIpc) is 1.98. The molecule has 0 aromatic heterocycles. The Morgan fingerprint density at radius 2 is 1.88 bits per heavy atom. The molecule has 6 heteroatoms. The molecule has 0 fully saturated rings. The summed E-state index contributed by atoms with van der Waals surface area (Å²) in [6.07, 6.45) is 0.846. The van der Waals surface area contributed by atoms with E-state index >= 15 is 0 Å². The van der Waals surface area contributed by atoms with Crippen LogP contribution in [0.4, 0.5) is 0 Å². The molecule has 1 unspecified atom stereocenters. The molecule has 96 valence electrons. The number of nitrogens with two attached hydrogens (primary N) is 1. The molecule has 0 aromatic rings. The fourth-order valence-corrected chi connectivity index (χ4v) is 2.63.